The third-order valence-corrected chi connectivity index (χ3v) is 3.66. The van der Waals surface area contributed by atoms with Crippen LogP contribution in [0.2, 0.25) is 0 Å². The highest BCUT2D eigenvalue weighted by molar-refractivity contribution is 7.92. The van der Waals surface area contributed by atoms with Gasteiger partial charge in [0.1, 0.15) is 22.2 Å². The van der Waals surface area contributed by atoms with E-state index in [-0.39, 0.29) is 16.5 Å². The Morgan fingerprint density at radius 1 is 1.37 bits per heavy atom. The normalized spacial score (nSPS) is 11.3. The van der Waals surface area contributed by atoms with Crippen LogP contribution in [-0.4, -0.2) is 20.7 Å². The van der Waals surface area contributed by atoms with E-state index in [2.05, 4.69) is 9.88 Å². The smallest absolute Gasteiger partial charge is 0.266 e. The first-order valence-electron chi connectivity index (χ1n) is 5.22. The molecule has 0 aliphatic rings. The Labute approximate surface area is 109 Å². The van der Waals surface area contributed by atoms with Crippen molar-refractivity contribution in [3.05, 3.63) is 35.8 Å². The summed E-state index contributed by atoms with van der Waals surface area (Å²) in [5.41, 5.74) is 0. The van der Waals surface area contributed by atoms with Crippen LogP contribution in [0.5, 0.6) is 5.75 Å². The number of aromatic nitrogens is 1. The third kappa shape index (κ3) is 2.84. The van der Waals surface area contributed by atoms with E-state index >= 15 is 0 Å². The molecule has 6 nitrogen and oxygen atoms in total. The minimum atomic E-state index is -4.00. The maximum absolute atomic E-state index is 13.2. The van der Waals surface area contributed by atoms with Gasteiger partial charge in [0, 0.05) is 6.07 Å². The maximum atomic E-state index is 13.2. The summed E-state index contributed by atoms with van der Waals surface area (Å²) < 4.78 is 49.2. The molecule has 0 amide bonds. The van der Waals surface area contributed by atoms with Crippen molar-refractivity contribution < 1.29 is 22.1 Å². The zero-order valence-corrected chi connectivity index (χ0v) is 11.0. The minimum absolute atomic E-state index is 0.0174. The van der Waals surface area contributed by atoms with Crippen LogP contribution >= 0.6 is 0 Å². The van der Waals surface area contributed by atoms with Crippen molar-refractivity contribution in [2.45, 2.75) is 11.8 Å². The number of ether oxygens (including phenoxy) is 1. The van der Waals surface area contributed by atoms with Crippen molar-refractivity contribution in [1.82, 2.24) is 5.16 Å². The van der Waals surface area contributed by atoms with E-state index in [9.17, 15) is 12.8 Å². The van der Waals surface area contributed by atoms with Crippen LogP contribution in [0, 0.1) is 12.7 Å². The molecular formula is C11H11FN2O4S. The predicted molar refractivity (Wildman–Crippen MR) is 65.0 cm³/mol. The van der Waals surface area contributed by atoms with E-state index in [0.717, 1.165) is 12.1 Å². The molecule has 0 aliphatic heterocycles. The lowest BCUT2D eigenvalue weighted by atomic mass is 10.3. The highest BCUT2D eigenvalue weighted by atomic mass is 32.2. The topological polar surface area (TPSA) is 81.4 Å². The Morgan fingerprint density at radius 3 is 2.68 bits per heavy atom. The van der Waals surface area contributed by atoms with Crippen molar-refractivity contribution in [2.75, 3.05) is 11.8 Å². The average Bonchev–Trinajstić information content (AvgIpc) is 2.74. The summed E-state index contributed by atoms with van der Waals surface area (Å²) in [4.78, 5) is -0.310. The summed E-state index contributed by atoms with van der Waals surface area (Å²) in [6, 6.07) is 4.62. The van der Waals surface area contributed by atoms with E-state index in [1.165, 1.54) is 19.2 Å². The molecule has 2 aromatic rings. The second-order valence-electron chi connectivity index (χ2n) is 3.72. The predicted octanol–water partition coefficient (Wildman–Crippen LogP) is 1.93. The standard InChI is InChI=1S/C11H11FN2O4S/c1-7-5-11(13-18-7)14-19(15,16)10-6-8(12)3-4-9(10)17-2/h3-6H,1-2H3,(H,13,14). The molecule has 0 atom stereocenters. The SMILES string of the molecule is COc1ccc(F)cc1S(=O)(=O)Nc1cc(C)on1. The number of aryl methyl sites for hydroxylation is 1. The number of hydrogen-bond acceptors (Lipinski definition) is 5. The second-order valence-corrected chi connectivity index (χ2v) is 5.37. The Balaban J connectivity index is 2.41. The van der Waals surface area contributed by atoms with Gasteiger partial charge in [0.05, 0.1) is 7.11 Å². The molecule has 0 spiro atoms. The van der Waals surface area contributed by atoms with Gasteiger partial charge in [-0.2, -0.15) is 0 Å². The van der Waals surface area contributed by atoms with Gasteiger partial charge in [0.15, 0.2) is 5.82 Å². The summed E-state index contributed by atoms with van der Waals surface area (Å²) in [7, 11) is -2.70. The van der Waals surface area contributed by atoms with Crippen molar-refractivity contribution >= 4 is 15.8 Å². The lowest BCUT2D eigenvalue weighted by Gasteiger charge is -2.09. The van der Waals surface area contributed by atoms with Crippen molar-refractivity contribution in [3.63, 3.8) is 0 Å². The van der Waals surface area contributed by atoms with E-state index in [1.807, 2.05) is 0 Å². The fraction of sp³-hybridized carbons (Fsp3) is 0.182. The van der Waals surface area contributed by atoms with Gasteiger partial charge in [-0.1, -0.05) is 5.16 Å². The molecule has 0 saturated carbocycles. The monoisotopic (exact) mass is 286 g/mol. The highest BCUT2D eigenvalue weighted by Crippen LogP contribution is 2.26. The van der Waals surface area contributed by atoms with E-state index in [0.29, 0.717) is 5.76 Å². The number of anilines is 1. The Morgan fingerprint density at radius 2 is 2.11 bits per heavy atom. The molecule has 0 unspecified atom stereocenters. The highest BCUT2D eigenvalue weighted by Gasteiger charge is 2.21. The fourth-order valence-corrected chi connectivity index (χ4v) is 2.63. The van der Waals surface area contributed by atoms with Crippen LogP contribution in [-0.2, 0) is 10.0 Å². The summed E-state index contributed by atoms with van der Waals surface area (Å²) in [5, 5.41) is 3.50. The van der Waals surface area contributed by atoms with Crippen LogP contribution in [0.3, 0.4) is 0 Å². The molecule has 0 saturated heterocycles. The third-order valence-electron chi connectivity index (χ3n) is 2.28. The van der Waals surface area contributed by atoms with Crippen molar-refractivity contribution in [1.29, 1.82) is 0 Å². The van der Waals surface area contributed by atoms with Gasteiger partial charge >= 0.3 is 0 Å². The number of benzene rings is 1. The van der Waals surface area contributed by atoms with Gasteiger partial charge in [-0.3, -0.25) is 4.72 Å². The molecule has 102 valence electrons. The summed E-state index contributed by atoms with van der Waals surface area (Å²) in [6.45, 7) is 1.62. The molecule has 0 bridgehead atoms. The Bertz CT molecular complexity index is 696. The quantitative estimate of drug-likeness (QED) is 0.928. The van der Waals surface area contributed by atoms with E-state index in [1.54, 1.807) is 6.92 Å². The Kier molecular flexibility index (Phi) is 3.43. The zero-order valence-electron chi connectivity index (χ0n) is 10.2. The molecular weight excluding hydrogens is 275 g/mol. The van der Waals surface area contributed by atoms with Crippen LogP contribution < -0.4 is 9.46 Å². The van der Waals surface area contributed by atoms with Gasteiger partial charge in [-0.05, 0) is 25.1 Å². The van der Waals surface area contributed by atoms with Crippen LogP contribution in [0.25, 0.3) is 0 Å². The first-order valence-corrected chi connectivity index (χ1v) is 6.70. The molecule has 8 heteroatoms. The number of nitrogens with one attached hydrogen (secondary N) is 1. The van der Waals surface area contributed by atoms with Crippen LogP contribution in [0.1, 0.15) is 5.76 Å². The second kappa shape index (κ2) is 4.88. The summed E-state index contributed by atoms with van der Waals surface area (Å²) >= 11 is 0. The molecule has 1 heterocycles. The van der Waals surface area contributed by atoms with E-state index in [4.69, 9.17) is 9.26 Å². The van der Waals surface area contributed by atoms with E-state index < -0.39 is 15.8 Å². The molecule has 0 fully saturated rings. The first kappa shape index (κ1) is 13.3. The average molecular weight is 286 g/mol. The van der Waals surface area contributed by atoms with Gasteiger partial charge in [0.2, 0.25) is 0 Å². The van der Waals surface area contributed by atoms with Gasteiger partial charge < -0.3 is 9.26 Å². The first-order chi connectivity index (χ1) is 8.92. The van der Waals surface area contributed by atoms with Crippen LogP contribution in [0.4, 0.5) is 10.2 Å². The number of methoxy groups -OCH3 is 1. The largest absolute Gasteiger partial charge is 0.495 e. The lowest BCUT2D eigenvalue weighted by Crippen LogP contribution is -2.14. The van der Waals surface area contributed by atoms with Gasteiger partial charge in [0.25, 0.3) is 10.0 Å². The molecule has 0 aliphatic carbocycles. The molecule has 1 aromatic carbocycles. The number of rotatable bonds is 4. The fourth-order valence-electron chi connectivity index (χ4n) is 1.47. The number of halogens is 1. The zero-order chi connectivity index (χ0) is 14.0. The summed E-state index contributed by atoms with van der Waals surface area (Å²) in [5.74, 6) is -0.181. The molecule has 2 rings (SSSR count). The maximum Gasteiger partial charge on any atom is 0.266 e. The Hall–Kier alpha value is -2.09. The number of hydrogen-bond donors (Lipinski definition) is 1. The molecule has 1 N–H and O–H groups in total. The minimum Gasteiger partial charge on any atom is -0.495 e. The van der Waals surface area contributed by atoms with Crippen LogP contribution in [0.15, 0.2) is 33.7 Å². The number of nitrogens with zero attached hydrogens (tertiary/aromatic N) is 1. The summed E-state index contributed by atoms with van der Waals surface area (Å²) in [6.07, 6.45) is 0. The van der Waals surface area contributed by atoms with Crippen molar-refractivity contribution in [2.24, 2.45) is 0 Å². The molecule has 1 aromatic heterocycles. The molecule has 19 heavy (non-hydrogen) atoms. The van der Waals surface area contributed by atoms with Crippen molar-refractivity contribution in [3.8, 4) is 5.75 Å². The van der Waals surface area contributed by atoms with Gasteiger partial charge in [-0.25, -0.2) is 12.8 Å². The number of sulfonamides is 1. The molecule has 0 radical (unpaired) electrons. The van der Waals surface area contributed by atoms with Gasteiger partial charge in [-0.15, -0.1) is 0 Å². The lowest BCUT2D eigenvalue weighted by molar-refractivity contribution is 0.399.